The zero-order valence-electron chi connectivity index (χ0n) is 9.91. The first kappa shape index (κ1) is 12.3. The van der Waals surface area contributed by atoms with Gasteiger partial charge in [0.05, 0.1) is 6.04 Å². The number of carbonyl (C=O) groups excluding carboxylic acids is 1. The largest absolute Gasteiger partial charge is 0.307 e. The van der Waals surface area contributed by atoms with Crippen LogP contribution in [0.3, 0.4) is 0 Å². The molecule has 0 amide bonds. The van der Waals surface area contributed by atoms with Gasteiger partial charge in [-0.2, -0.15) is 0 Å². The van der Waals surface area contributed by atoms with Gasteiger partial charge in [-0.3, -0.25) is 4.79 Å². The highest BCUT2D eigenvalue weighted by Crippen LogP contribution is 2.33. The molecule has 2 aromatic rings. The molecule has 1 fully saturated rings. The Morgan fingerprint density at radius 1 is 1.39 bits per heavy atom. The summed E-state index contributed by atoms with van der Waals surface area (Å²) in [6.07, 6.45) is 3.29. The number of fused-ring (bicyclic) bond motifs is 1. The average molecular weight is 324 g/mol. The van der Waals surface area contributed by atoms with Crippen LogP contribution in [0.1, 0.15) is 29.6 Å². The van der Waals surface area contributed by atoms with Gasteiger partial charge in [-0.1, -0.05) is 18.6 Å². The minimum absolute atomic E-state index is 0.00975. The third-order valence-corrected chi connectivity index (χ3v) is 5.40. The fraction of sp³-hybridized carbons (Fsp3) is 0.357. The van der Waals surface area contributed by atoms with Crippen LogP contribution in [-0.4, -0.2) is 18.4 Å². The van der Waals surface area contributed by atoms with Gasteiger partial charge in [0, 0.05) is 25.5 Å². The summed E-state index contributed by atoms with van der Waals surface area (Å²) >= 11 is 5.18. The third-order valence-electron chi connectivity index (χ3n) is 3.44. The highest BCUT2D eigenvalue weighted by molar-refractivity contribution is 9.10. The van der Waals surface area contributed by atoms with Gasteiger partial charge in [-0.05, 0) is 41.4 Å². The molecule has 1 aliphatic rings. The fourth-order valence-electron chi connectivity index (χ4n) is 2.48. The summed E-state index contributed by atoms with van der Waals surface area (Å²) in [6.45, 7) is 0.960. The van der Waals surface area contributed by atoms with Crippen LogP contribution < -0.4 is 5.32 Å². The minimum Gasteiger partial charge on any atom is -0.307 e. The molecule has 0 saturated carbocycles. The molecular weight excluding hydrogens is 310 g/mol. The summed E-state index contributed by atoms with van der Waals surface area (Å²) in [5, 5.41) is 6.40. The molecule has 0 bridgehead atoms. The van der Waals surface area contributed by atoms with Crippen molar-refractivity contribution in [1.29, 1.82) is 0 Å². The number of carbonyl (C=O) groups is 1. The van der Waals surface area contributed by atoms with Crippen LogP contribution in [-0.2, 0) is 0 Å². The third kappa shape index (κ3) is 2.13. The van der Waals surface area contributed by atoms with Crippen LogP contribution in [0.25, 0.3) is 10.1 Å². The van der Waals surface area contributed by atoms with E-state index in [0.717, 1.165) is 39.5 Å². The van der Waals surface area contributed by atoms with Gasteiger partial charge in [0.25, 0.3) is 0 Å². The summed E-state index contributed by atoms with van der Waals surface area (Å²) in [6, 6.07) is 6.05. The SMILES string of the molecule is O=C(c1csc2c(Br)cccc12)C1CCCCN1. The molecule has 1 unspecified atom stereocenters. The van der Waals surface area contributed by atoms with E-state index in [1.807, 2.05) is 23.6 Å². The lowest BCUT2D eigenvalue weighted by atomic mass is 9.96. The molecule has 18 heavy (non-hydrogen) atoms. The number of hydrogen-bond donors (Lipinski definition) is 1. The van der Waals surface area contributed by atoms with Crippen molar-refractivity contribution in [3.8, 4) is 0 Å². The summed E-state index contributed by atoms with van der Waals surface area (Å²) in [5.41, 5.74) is 0.871. The molecule has 1 N–H and O–H groups in total. The van der Waals surface area contributed by atoms with E-state index in [1.54, 1.807) is 11.3 Å². The van der Waals surface area contributed by atoms with E-state index in [0.29, 0.717) is 0 Å². The molecule has 4 heteroatoms. The Bertz CT molecular complexity index is 586. The first-order valence-electron chi connectivity index (χ1n) is 6.20. The van der Waals surface area contributed by atoms with Gasteiger partial charge in [0.2, 0.25) is 0 Å². The van der Waals surface area contributed by atoms with Crippen LogP contribution >= 0.6 is 27.3 Å². The molecule has 2 heterocycles. The molecule has 2 nitrogen and oxygen atoms in total. The lowest BCUT2D eigenvalue weighted by Crippen LogP contribution is -2.40. The normalized spacial score (nSPS) is 20.2. The van der Waals surface area contributed by atoms with Crippen LogP contribution in [0, 0.1) is 0 Å². The zero-order chi connectivity index (χ0) is 12.5. The van der Waals surface area contributed by atoms with Gasteiger partial charge in [0.15, 0.2) is 5.78 Å². The van der Waals surface area contributed by atoms with Gasteiger partial charge >= 0.3 is 0 Å². The second-order valence-corrected chi connectivity index (χ2v) is 6.37. The van der Waals surface area contributed by atoms with Gasteiger partial charge < -0.3 is 5.32 Å². The predicted molar refractivity (Wildman–Crippen MR) is 79.5 cm³/mol. The van der Waals surface area contributed by atoms with Gasteiger partial charge in [-0.15, -0.1) is 11.3 Å². The molecule has 1 aromatic carbocycles. The molecule has 94 valence electrons. The number of hydrogen-bond acceptors (Lipinski definition) is 3. The van der Waals surface area contributed by atoms with E-state index in [4.69, 9.17) is 0 Å². The first-order valence-corrected chi connectivity index (χ1v) is 7.88. The number of halogens is 1. The maximum atomic E-state index is 12.5. The van der Waals surface area contributed by atoms with Crippen molar-refractivity contribution < 1.29 is 4.79 Å². The van der Waals surface area contributed by atoms with Crippen LogP contribution in [0.2, 0.25) is 0 Å². The molecule has 1 saturated heterocycles. The smallest absolute Gasteiger partial charge is 0.181 e. The Kier molecular flexibility index (Phi) is 3.50. The number of nitrogens with one attached hydrogen (secondary N) is 1. The van der Waals surface area contributed by atoms with E-state index in [2.05, 4.69) is 21.2 Å². The number of Topliss-reactive ketones (excluding diaryl/α,β-unsaturated/α-hetero) is 1. The Hall–Kier alpha value is -0.710. The summed E-state index contributed by atoms with van der Waals surface area (Å²) in [7, 11) is 0. The highest BCUT2D eigenvalue weighted by atomic mass is 79.9. The molecule has 0 radical (unpaired) electrons. The summed E-state index contributed by atoms with van der Waals surface area (Å²) < 4.78 is 2.23. The molecule has 0 aliphatic carbocycles. The molecule has 0 spiro atoms. The van der Waals surface area contributed by atoms with E-state index < -0.39 is 0 Å². The van der Waals surface area contributed by atoms with E-state index in [-0.39, 0.29) is 11.8 Å². The average Bonchev–Trinajstić information content (AvgIpc) is 2.84. The minimum atomic E-state index is 0.00975. The second-order valence-electron chi connectivity index (χ2n) is 4.63. The number of piperidine rings is 1. The van der Waals surface area contributed by atoms with Crippen LogP contribution in [0.15, 0.2) is 28.1 Å². The van der Waals surface area contributed by atoms with E-state index in [1.165, 1.54) is 6.42 Å². The highest BCUT2D eigenvalue weighted by Gasteiger charge is 2.24. The van der Waals surface area contributed by atoms with Crippen molar-refractivity contribution >= 4 is 43.1 Å². The van der Waals surface area contributed by atoms with Crippen molar-refractivity contribution in [2.24, 2.45) is 0 Å². The van der Waals surface area contributed by atoms with E-state index in [9.17, 15) is 4.79 Å². The maximum Gasteiger partial charge on any atom is 0.181 e. The Morgan fingerprint density at radius 2 is 2.28 bits per heavy atom. The molecule has 3 rings (SSSR count). The topological polar surface area (TPSA) is 29.1 Å². The van der Waals surface area contributed by atoms with Crippen molar-refractivity contribution in [2.75, 3.05) is 6.54 Å². The lowest BCUT2D eigenvalue weighted by molar-refractivity contribution is 0.0929. The molecule has 1 aliphatic heterocycles. The zero-order valence-corrected chi connectivity index (χ0v) is 12.3. The summed E-state index contributed by atoms with van der Waals surface area (Å²) in [5.74, 6) is 0.249. The standard InChI is InChI=1S/C14H14BrNOS/c15-11-5-3-4-9-10(8-18-14(9)11)13(17)12-6-1-2-7-16-12/h3-5,8,12,16H,1-2,6-7H2. The quantitative estimate of drug-likeness (QED) is 0.847. The lowest BCUT2D eigenvalue weighted by Gasteiger charge is -2.21. The van der Waals surface area contributed by atoms with Gasteiger partial charge in [-0.25, -0.2) is 0 Å². The molecular formula is C14H14BrNOS. The Balaban J connectivity index is 1.98. The predicted octanol–water partition coefficient (Wildman–Crippen LogP) is 3.99. The van der Waals surface area contributed by atoms with Gasteiger partial charge in [0.1, 0.15) is 0 Å². The van der Waals surface area contributed by atoms with Crippen molar-refractivity contribution in [1.82, 2.24) is 5.32 Å². The maximum absolute atomic E-state index is 12.5. The number of benzene rings is 1. The van der Waals surface area contributed by atoms with Crippen molar-refractivity contribution in [2.45, 2.75) is 25.3 Å². The van der Waals surface area contributed by atoms with Crippen molar-refractivity contribution in [3.63, 3.8) is 0 Å². The molecule has 1 atom stereocenters. The van der Waals surface area contributed by atoms with E-state index >= 15 is 0 Å². The first-order chi connectivity index (χ1) is 8.77. The monoisotopic (exact) mass is 323 g/mol. The number of ketones is 1. The number of thiophene rings is 1. The van der Waals surface area contributed by atoms with Crippen molar-refractivity contribution in [3.05, 3.63) is 33.6 Å². The number of rotatable bonds is 2. The Labute approximate surface area is 119 Å². The fourth-order valence-corrected chi connectivity index (χ4v) is 4.09. The summed E-state index contributed by atoms with van der Waals surface area (Å²) in [4.78, 5) is 12.5. The second kappa shape index (κ2) is 5.11. The van der Waals surface area contributed by atoms with Crippen LogP contribution in [0.4, 0.5) is 0 Å². The van der Waals surface area contributed by atoms with Crippen LogP contribution in [0.5, 0.6) is 0 Å². The molecule has 1 aromatic heterocycles. The Morgan fingerprint density at radius 3 is 3.06 bits per heavy atom.